The largest absolute Gasteiger partial charge is 0.355 e. The zero-order chi connectivity index (χ0) is 43.2. The van der Waals surface area contributed by atoms with E-state index in [0.29, 0.717) is 0 Å². The summed E-state index contributed by atoms with van der Waals surface area (Å²) in [5, 5.41) is 8.85. The van der Waals surface area contributed by atoms with Crippen molar-refractivity contribution in [3.8, 4) is 44.5 Å². The SMILES string of the molecule is CC1(C)c2ccccc2Nc2c(-c3cccc4c(-c5ccccc5-c5ccccc5)c5cccc(-c6cccc7c6N(c6ccccc6)c6ccccc6C7(C)C)c5cc34)cccc21. The van der Waals surface area contributed by atoms with Gasteiger partial charge in [-0.05, 0) is 108 Å². The third kappa shape index (κ3) is 5.65. The van der Waals surface area contributed by atoms with Gasteiger partial charge in [0, 0.05) is 33.3 Å². The van der Waals surface area contributed by atoms with Gasteiger partial charge < -0.3 is 10.2 Å². The molecule has 2 nitrogen and oxygen atoms in total. The van der Waals surface area contributed by atoms with Crippen LogP contribution in [0, 0.1) is 0 Å². The molecule has 0 spiro atoms. The molecule has 2 heteroatoms. The predicted octanol–water partition coefficient (Wildman–Crippen LogP) is 17.2. The lowest BCUT2D eigenvalue weighted by atomic mass is 9.72. The highest BCUT2D eigenvalue weighted by molar-refractivity contribution is 6.21. The quantitative estimate of drug-likeness (QED) is 0.174. The van der Waals surface area contributed by atoms with Crippen LogP contribution in [0.3, 0.4) is 0 Å². The second kappa shape index (κ2) is 14.4. The Kier molecular flexibility index (Phi) is 8.58. The molecule has 0 atom stereocenters. The van der Waals surface area contributed by atoms with Gasteiger partial charge >= 0.3 is 0 Å². The number of nitrogens with zero attached hydrogens (tertiary/aromatic N) is 1. The number of anilines is 5. The molecule has 0 bridgehead atoms. The van der Waals surface area contributed by atoms with Crippen LogP contribution in [0.2, 0.25) is 0 Å². The number of para-hydroxylation sites is 5. The zero-order valence-electron chi connectivity index (χ0n) is 36.7. The molecule has 0 saturated heterocycles. The molecule has 306 valence electrons. The van der Waals surface area contributed by atoms with E-state index in [-0.39, 0.29) is 10.8 Å². The highest BCUT2D eigenvalue weighted by atomic mass is 15.2. The molecule has 2 aliphatic rings. The highest BCUT2D eigenvalue weighted by Gasteiger charge is 2.39. The first-order valence-corrected chi connectivity index (χ1v) is 22.5. The maximum Gasteiger partial charge on any atom is 0.0581 e. The number of nitrogens with one attached hydrogen (secondary N) is 1. The molecule has 0 saturated carbocycles. The van der Waals surface area contributed by atoms with Gasteiger partial charge in [0.15, 0.2) is 0 Å². The summed E-state index contributed by atoms with van der Waals surface area (Å²) in [7, 11) is 0. The topological polar surface area (TPSA) is 15.3 Å². The van der Waals surface area contributed by atoms with E-state index in [4.69, 9.17) is 0 Å². The Balaban J connectivity index is 1.19. The normalized spacial score (nSPS) is 14.3. The Morgan fingerprint density at radius 1 is 0.359 bits per heavy atom. The Morgan fingerprint density at radius 2 is 0.859 bits per heavy atom. The number of fused-ring (bicyclic) bond motifs is 6. The Bertz CT molecular complexity index is 3470. The third-order valence-electron chi connectivity index (χ3n) is 14.3. The summed E-state index contributed by atoms with van der Waals surface area (Å²) >= 11 is 0. The van der Waals surface area contributed by atoms with Crippen molar-refractivity contribution >= 4 is 50.0 Å². The van der Waals surface area contributed by atoms with Crippen molar-refractivity contribution in [3.63, 3.8) is 0 Å². The molecule has 1 N–H and O–H groups in total. The minimum absolute atomic E-state index is 0.180. The summed E-state index contributed by atoms with van der Waals surface area (Å²) < 4.78 is 0. The molecule has 64 heavy (non-hydrogen) atoms. The van der Waals surface area contributed by atoms with Crippen LogP contribution in [0.1, 0.15) is 49.9 Å². The van der Waals surface area contributed by atoms with Crippen molar-refractivity contribution in [2.24, 2.45) is 0 Å². The standard InChI is InChI=1S/C62H48N2/c1-61(2)52-33-13-15-37-56(52)63-59-48(31-19-35-54(59)61)43-27-17-29-46-50(43)39-51-44(28-18-30-47(51)58(46)45-26-12-11-25-42(45)40-21-7-5-8-22-40)49-32-20-36-55-60(49)64(41-23-9-6-10-24-41)57-38-16-14-34-53(57)62(55,3)4/h5-39,63H,1-4H3. The molecule has 12 rings (SSSR count). The van der Waals surface area contributed by atoms with Gasteiger partial charge in [-0.2, -0.15) is 0 Å². The summed E-state index contributed by atoms with van der Waals surface area (Å²) in [6.45, 7) is 9.48. The fourth-order valence-electron chi connectivity index (χ4n) is 11.2. The lowest BCUT2D eigenvalue weighted by molar-refractivity contribution is 0.632. The summed E-state index contributed by atoms with van der Waals surface area (Å²) in [6.07, 6.45) is 0. The summed E-state index contributed by atoms with van der Waals surface area (Å²) in [5.74, 6) is 0. The summed E-state index contributed by atoms with van der Waals surface area (Å²) in [6, 6.07) is 78.7. The van der Waals surface area contributed by atoms with Gasteiger partial charge in [0.2, 0.25) is 0 Å². The van der Waals surface area contributed by atoms with Gasteiger partial charge in [-0.1, -0.05) is 210 Å². The maximum absolute atomic E-state index is 3.94. The van der Waals surface area contributed by atoms with Gasteiger partial charge in [0.1, 0.15) is 0 Å². The maximum atomic E-state index is 3.94. The van der Waals surface area contributed by atoms with E-state index < -0.39 is 0 Å². The van der Waals surface area contributed by atoms with E-state index in [1.54, 1.807) is 0 Å². The average Bonchev–Trinajstić information content (AvgIpc) is 3.33. The Morgan fingerprint density at radius 3 is 1.59 bits per heavy atom. The second-order valence-electron chi connectivity index (χ2n) is 18.5. The van der Waals surface area contributed by atoms with Crippen molar-refractivity contribution in [1.82, 2.24) is 0 Å². The molecule has 0 fully saturated rings. The van der Waals surface area contributed by atoms with Crippen molar-refractivity contribution < 1.29 is 0 Å². The van der Waals surface area contributed by atoms with Crippen LogP contribution in [0.4, 0.5) is 28.4 Å². The molecule has 0 unspecified atom stereocenters. The summed E-state index contributed by atoms with van der Waals surface area (Å²) in [5.41, 5.74) is 20.5. The molecule has 0 amide bonds. The minimum Gasteiger partial charge on any atom is -0.355 e. The van der Waals surface area contributed by atoms with Gasteiger partial charge in [-0.3, -0.25) is 0 Å². The van der Waals surface area contributed by atoms with Gasteiger partial charge in [-0.15, -0.1) is 0 Å². The van der Waals surface area contributed by atoms with Crippen LogP contribution in [0.5, 0.6) is 0 Å². The fourth-order valence-corrected chi connectivity index (χ4v) is 11.2. The van der Waals surface area contributed by atoms with Crippen LogP contribution in [0.25, 0.3) is 66.1 Å². The smallest absolute Gasteiger partial charge is 0.0581 e. The Labute approximate surface area is 376 Å². The van der Waals surface area contributed by atoms with E-state index >= 15 is 0 Å². The van der Waals surface area contributed by atoms with Crippen molar-refractivity contribution in [3.05, 3.63) is 235 Å². The summed E-state index contributed by atoms with van der Waals surface area (Å²) in [4.78, 5) is 2.50. The van der Waals surface area contributed by atoms with E-state index in [9.17, 15) is 0 Å². The molecular weight excluding hydrogens is 773 g/mol. The molecule has 10 aromatic rings. The third-order valence-corrected chi connectivity index (χ3v) is 14.3. The lowest BCUT2D eigenvalue weighted by Crippen LogP contribution is -2.31. The fraction of sp³-hybridized carbons (Fsp3) is 0.0968. The van der Waals surface area contributed by atoms with Gasteiger partial charge in [0.25, 0.3) is 0 Å². The highest BCUT2D eigenvalue weighted by Crippen LogP contribution is 2.57. The molecule has 0 radical (unpaired) electrons. The van der Waals surface area contributed by atoms with E-state index in [1.165, 1.54) is 111 Å². The number of hydrogen-bond donors (Lipinski definition) is 1. The van der Waals surface area contributed by atoms with E-state index in [2.05, 4.69) is 250 Å². The van der Waals surface area contributed by atoms with Gasteiger partial charge in [0.05, 0.1) is 17.1 Å². The van der Waals surface area contributed by atoms with Crippen LogP contribution in [-0.2, 0) is 10.8 Å². The number of hydrogen-bond acceptors (Lipinski definition) is 2. The monoisotopic (exact) mass is 820 g/mol. The van der Waals surface area contributed by atoms with E-state index in [0.717, 1.165) is 5.69 Å². The second-order valence-corrected chi connectivity index (χ2v) is 18.5. The molecular formula is C62H48N2. The van der Waals surface area contributed by atoms with Crippen molar-refractivity contribution in [2.75, 3.05) is 10.2 Å². The zero-order valence-corrected chi connectivity index (χ0v) is 36.7. The molecule has 2 heterocycles. The molecule has 0 aliphatic carbocycles. The predicted molar refractivity (Wildman–Crippen MR) is 272 cm³/mol. The Hall–Kier alpha value is -7.68. The first-order chi connectivity index (χ1) is 31.3. The first-order valence-electron chi connectivity index (χ1n) is 22.5. The molecule has 0 aromatic heterocycles. The average molecular weight is 821 g/mol. The van der Waals surface area contributed by atoms with Crippen LogP contribution >= 0.6 is 0 Å². The lowest BCUT2D eigenvalue weighted by Gasteiger charge is -2.43. The number of benzene rings is 10. The number of rotatable bonds is 5. The van der Waals surface area contributed by atoms with Crippen molar-refractivity contribution in [1.29, 1.82) is 0 Å². The molecule has 2 aliphatic heterocycles. The van der Waals surface area contributed by atoms with Gasteiger partial charge in [-0.25, -0.2) is 0 Å². The van der Waals surface area contributed by atoms with E-state index in [1.807, 2.05) is 0 Å². The van der Waals surface area contributed by atoms with Crippen molar-refractivity contribution in [2.45, 2.75) is 38.5 Å². The minimum atomic E-state index is -0.233. The van der Waals surface area contributed by atoms with Crippen LogP contribution < -0.4 is 10.2 Å². The van der Waals surface area contributed by atoms with Crippen LogP contribution in [0.15, 0.2) is 212 Å². The van der Waals surface area contributed by atoms with Crippen LogP contribution in [-0.4, -0.2) is 0 Å². The molecule has 10 aromatic carbocycles. The first kappa shape index (κ1) is 38.0.